The summed E-state index contributed by atoms with van der Waals surface area (Å²) in [5.74, 6) is -2.75. The average molecular weight is 387 g/mol. The Hall–Kier alpha value is -2.71. The molecular formula is C15H9Cl2FN2O5. The number of anilines is 1. The summed E-state index contributed by atoms with van der Waals surface area (Å²) in [4.78, 5) is 33.6. The van der Waals surface area contributed by atoms with Crippen molar-refractivity contribution in [2.24, 2.45) is 0 Å². The number of halogens is 3. The Bertz CT molecular complexity index is 860. The third-order valence-electron chi connectivity index (χ3n) is 2.92. The summed E-state index contributed by atoms with van der Waals surface area (Å²) in [6, 6.07) is 6.81. The van der Waals surface area contributed by atoms with E-state index in [4.69, 9.17) is 23.2 Å². The van der Waals surface area contributed by atoms with Gasteiger partial charge in [-0.15, -0.1) is 0 Å². The van der Waals surface area contributed by atoms with Crippen LogP contribution in [0.4, 0.5) is 15.8 Å². The number of nitro groups is 1. The van der Waals surface area contributed by atoms with Crippen molar-refractivity contribution in [1.29, 1.82) is 0 Å². The molecular weight excluding hydrogens is 378 g/mol. The van der Waals surface area contributed by atoms with Gasteiger partial charge in [0, 0.05) is 17.2 Å². The van der Waals surface area contributed by atoms with E-state index < -0.39 is 29.2 Å². The first-order chi connectivity index (χ1) is 11.8. The van der Waals surface area contributed by atoms with E-state index in [1.54, 1.807) is 0 Å². The highest BCUT2D eigenvalue weighted by Crippen LogP contribution is 2.26. The van der Waals surface area contributed by atoms with Gasteiger partial charge in [-0.1, -0.05) is 23.2 Å². The lowest BCUT2D eigenvalue weighted by Crippen LogP contribution is -2.21. The van der Waals surface area contributed by atoms with Crippen molar-refractivity contribution in [2.45, 2.75) is 0 Å². The van der Waals surface area contributed by atoms with Gasteiger partial charge in [0.15, 0.2) is 6.61 Å². The number of carbonyl (C=O) groups is 2. The van der Waals surface area contributed by atoms with Crippen molar-refractivity contribution in [2.75, 3.05) is 11.9 Å². The summed E-state index contributed by atoms with van der Waals surface area (Å²) < 4.78 is 18.3. The number of amides is 1. The number of carbonyl (C=O) groups excluding carboxylic acids is 2. The second kappa shape index (κ2) is 7.91. The molecule has 2 rings (SSSR count). The highest BCUT2D eigenvalue weighted by molar-refractivity contribution is 6.33. The van der Waals surface area contributed by atoms with Crippen LogP contribution in [0.2, 0.25) is 10.0 Å². The van der Waals surface area contributed by atoms with E-state index in [0.717, 1.165) is 18.2 Å². The summed E-state index contributed by atoms with van der Waals surface area (Å²) in [5.41, 5.74) is -0.680. The zero-order chi connectivity index (χ0) is 18.6. The van der Waals surface area contributed by atoms with E-state index in [0.29, 0.717) is 0 Å². The highest BCUT2D eigenvalue weighted by Gasteiger charge is 2.16. The SMILES string of the molecule is O=C(COC(=O)c1ccc(Cl)cc1F)Nc1cc([N+](=O)[O-])ccc1Cl. The third-order valence-corrected chi connectivity index (χ3v) is 3.48. The first-order valence-corrected chi connectivity index (χ1v) is 7.39. The van der Waals surface area contributed by atoms with Gasteiger partial charge >= 0.3 is 5.97 Å². The Labute approximate surface area is 150 Å². The van der Waals surface area contributed by atoms with Gasteiger partial charge in [-0.2, -0.15) is 0 Å². The number of nitrogens with zero attached hydrogens (tertiary/aromatic N) is 1. The maximum atomic E-state index is 13.6. The molecule has 0 radical (unpaired) electrons. The fourth-order valence-electron chi connectivity index (χ4n) is 1.77. The molecule has 0 aliphatic carbocycles. The number of nitrogens with one attached hydrogen (secondary N) is 1. The van der Waals surface area contributed by atoms with Crippen molar-refractivity contribution in [3.8, 4) is 0 Å². The number of non-ortho nitro benzene ring substituents is 1. The number of ether oxygens (including phenoxy) is 1. The second-order valence-corrected chi connectivity index (χ2v) is 5.51. The van der Waals surface area contributed by atoms with Crippen molar-refractivity contribution >= 4 is 46.5 Å². The van der Waals surface area contributed by atoms with E-state index in [2.05, 4.69) is 10.1 Å². The minimum Gasteiger partial charge on any atom is -0.452 e. The molecule has 0 aliphatic heterocycles. The molecule has 0 fully saturated rings. The molecule has 0 saturated heterocycles. The van der Waals surface area contributed by atoms with Crippen LogP contribution in [0.25, 0.3) is 0 Å². The van der Waals surface area contributed by atoms with Crippen LogP contribution in [0.15, 0.2) is 36.4 Å². The van der Waals surface area contributed by atoms with Gasteiger partial charge < -0.3 is 10.1 Å². The molecule has 0 unspecified atom stereocenters. The number of nitro benzene ring substituents is 1. The van der Waals surface area contributed by atoms with Crippen molar-refractivity contribution in [3.63, 3.8) is 0 Å². The molecule has 1 N–H and O–H groups in total. The molecule has 130 valence electrons. The van der Waals surface area contributed by atoms with Gasteiger partial charge in [-0.05, 0) is 24.3 Å². The molecule has 0 saturated carbocycles. The average Bonchev–Trinajstić information content (AvgIpc) is 2.54. The van der Waals surface area contributed by atoms with E-state index in [1.807, 2.05) is 0 Å². The fraction of sp³-hybridized carbons (Fsp3) is 0.0667. The van der Waals surface area contributed by atoms with Gasteiger partial charge in [0.2, 0.25) is 0 Å². The van der Waals surface area contributed by atoms with E-state index in [1.165, 1.54) is 18.2 Å². The topological polar surface area (TPSA) is 98.5 Å². The van der Waals surface area contributed by atoms with Crippen LogP contribution in [0.3, 0.4) is 0 Å². The summed E-state index contributed by atoms with van der Waals surface area (Å²) in [6.45, 7) is -0.736. The number of hydrogen-bond donors (Lipinski definition) is 1. The normalized spacial score (nSPS) is 10.2. The third kappa shape index (κ3) is 4.88. The fourth-order valence-corrected chi connectivity index (χ4v) is 2.10. The predicted molar refractivity (Wildman–Crippen MR) is 88.4 cm³/mol. The predicted octanol–water partition coefficient (Wildman–Crippen LogP) is 3.84. The molecule has 2 aromatic rings. The number of rotatable bonds is 5. The lowest BCUT2D eigenvalue weighted by Gasteiger charge is -2.08. The van der Waals surface area contributed by atoms with Crippen molar-refractivity contribution in [1.82, 2.24) is 0 Å². The largest absolute Gasteiger partial charge is 0.452 e. The van der Waals surface area contributed by atoms with Crippen LogP contribution in [-0.4, -0.2) is 23.4 Å². The molecule has 25 heavy (non-hydrogen) atoms. The Morgan fingerprint density at radius 3 is 2.56 bits per heavy atom. The quantitative estimate of drug-likeness (QED) is 0.478. The molecule has 0 atom stereocenters. The molecule has 2 aromatic carbocycles. The molecule has 0 bridgehead atoms. The van der Waals surface area contributed by atoms with Gasteiger partial charge in [0.25, 0.3) is 11.6 Å². The lowest BCUT2D eigenvalue weighted by atomic mass is 10.2. The van der Waals surface area contributed by atoms with Crippen LogP contribution in [0, 0.1) is 15.9 Å². The first kappa shape index (κ1) is 18.6. The first-order valence-electron chi connectivity index (χ1n) is 6.64. The maximum absolute atomic E-state index is 13.6. The van der Waals surface area contributed by atoms with Crippen molar-refractivity contribution in [3.05, 3.63) is 67.9 Å². The molecule has 0 aromatic heterocycles. The van der Waals surface area contributed by atoms with Crippen LogP contribution >= 0.6 is 23.2 Å². The minimum absolute atomic E-state index is 0.0189. The second-order valence-electron chi connectivity index (χ2n) is 4.67. The lowest BCUT2D eigenvalue weighted by molar-refractivity contribution is -0.384. The molecule has 0 spiro atoms. The van der Waals surface area contributed by atoms with E-state index >= 15 is 0 Å². The van der Waals surface area contributed by atoms with Gasteiger partial charge in [-0.25, -0.2) is 9.18 Å². The van der Waals surface area contributed by atoms with Crippen LogP contribution in [0.1, 0.15) is 10.4 Å². The van der Waals surface area contributed by atoms with Gasteiger partial charge in [0.05, 0.1) is 21.2 Å². The standard InChI is InChI=1S/C15H9Cl2FN2O5/c16-8-1-3-10(12(18)5-8)15(22)25-7-14(21)19-13-6-9(20(23)24)2-4-11(13)17/h1-6H,7H2,(H,19,21). The molecule has 10 heteroatoms. The Kier molecular flexibility index (Phi) is 5.89. The van der Waals surface area contributed by atoms with Crippen LogP contribution < -0.4 is 5.32 Å². The summed E-state index contributed by atoms with van der Waals surface area (Å²) in [6.07, 6.45) is 0. The molecule has 1 amide bonds. The maximum Gasteiger partial charge on any atom is 0.341 e. The van der Waals surface area contributed by atoms with Crippen molar-refractivity contribution < 1.29 is 23.6 Å². The Balaban J connectivity index is 2.00. The Morgan fingerprint density at radius 1 is 1.20 bits per heavy atom. The van der Waals surface area contributed by atoms with E-state index in [-0.39, 0.29) is 27.0 Å². The smallest absolute Gasteiger partial charge is 0.341 e. The zero-order valence-corrected chi connectivity index (χ0v) is 13.8. The summed E-state index contributed by atoms with van der Waals surface area (Å²) in [7, 11) is 0. The minimum atomic E-state index is -1.06. The highest BCUT2D eigenvalue weighted by atomic mass is 35.5. The number of benzene rings is 2. The summed E-state index contributed by atoms with van der Waals surface area (Å²) >= 11 is 11.4. The van der Waals surface area contributed by atoms with Crippen LogP contribution in [-0.2, 0) is 9.53 Å². The zero-order valence-electron chi connectivity index (χ0n) is 12.3. The molecule has 0 aliphatic rings. The van der Waals surface area contributed by atoms with E-state index in [9.17, 15) is 24.1 Å². The van der Waals surface area contributed by atoms with Gasteiger partial charge in [0.1, 0.15) is 5.82 Å². The molecule has 0 heterocycles. The Morgan fingerprint density at radius 2 is 1.92 bits per heavy atom. The van der Waals surface area contributed by atoms with Gasteiger partial charge in [-0.3, -0.25) is 14.9 Å². The molecule has 7 nitrogen and oxygen atoms in total. The number of esters is 1. The van der Waals surface area contributed by atoms with Crippen LogP contribution in [0.5, 0.6) is 0 Å². The number of hydrogen-bond acceptors (Lipinski definition) is 5. The monoisotopic (exact) mass is 386 g/mol. The summed E-state index contributed by atoms with van der Waals surface area (Å²) in [5, 5.41) is 13.1.